The summed E-state index contributed by atoms with van der Waals surface area (Å²) in [5.74, 6) is 2.47. The van der Waals surface area contributed by atoms with E-state index in [2.05, 4.69) is 15.4 Å². The molecular weight excluding hydrogens is 536 g/mol. The molecule has 40 heavy (non-hydrogen) atoms. The molecule has 5 rings (SSSR count). The van der Waals surface area contributed by atoms with Gasteiger partial charge in [0.1, 0.15) is 30.0 Å². The number of methoxy groups -OCH3 is 1. The molecule has 1 amide bonds. The van der Waals surface area contributed by atoms with Crippen molar-refractivity contribution in [1.29, 1.82) is 0 Å². The summed E-state index contributed by atoms with van der Waals surface area (Å²) in [6, 6.07) is 5.30. The fraction of sp³-hybridized carbons (Fsp3) is 0.500. The lowest BCUT2D eigenvalue weighted by molar-refractivity contribution is 0.108. The van der Waals surface area contributed by atoms with Crippen LogP contribution in [0.5, 0.6) is 5.75 Å². The van der Waals surface area contributed by atoms with E-state index in [0.29, 0.717) is 47.6 Å². The molecular formula is C28H35ClN6O5. The van der Waals surface area contributed by atoms with Gasteiger partial charge in [-0.15, -0.1) is 0 Å². The molecule has 11 nitrogen and oxygen atoms in total. The fourth-order valence-electron chi connectivity index (χ4n) is 5.64. The number of aryl methyl sites for hydroxylation is 2. The second-order valence-corrected chi connectivity index (χ2v) is 11.1. The number of benzene rings is 1. The lowest BCUT2D eigenvalue weighted by Gasteiger charge is -2.49. The first-order valence-electron chi connectivity index (χ1n) is 13.3. The number of rotatable bonds is 8. The third kappa shape index (κ3) is 5.33. The second-order valence-electron chi connectivity index (χ2n) is 10.7. The summed E-state index contributed by atoms with van der Waals surface area (Å²) in [6.07, 6.45) is -0.0228. The van der Waals surface area contributed by atoms with Gasteiger partial charge < -0.3 is 34.2 Å². The molecule has 0 bridgehead atoms. The number of carbonyl (C=O) groups is 1. The van der Waals surface area contributed by atoms with E-state index in [1.165, 1.54) is 7.11 Å². The zero-order valence-electron chi connectivity index (χ0n) is 23.5. The van der Waals surface area contributed by atoms with Crippen molar-refractivity contribution in [3.05, 3.63) is 40.2 Å². The third-order valence-electron chi connectivity index (χ3n) is 7.67. The van der Waals surface area contributed by atoms with Gasteiger partial charge in [-0.25, -0.2) is 14.8 Å². The first-order chi connectivity index (χ1) is 19.1. The van der Waals surface area contributed by atoms with Gasteiger partial charge in [0.15, 0.2) is 5.82 Å². The number of amides is 1. The molecule has 2 saturated heterocycles. The Bertz CT molecular complexity index is 1390. The normalized spacial score (nSPS) is 16.8. The van der Waals surface area contributed by atoms with E-state index in [1.54, 1.807) is 30.1 Å². The number of likely N-dealkylation sites (tertiary alicyclic amines) is 1. The summed E-state index contributed by atoms with van der Waals surface area (Å²) >= 11 is 6.67. The van der Waals surface area contributed by atoms with E-state index in [4.69, 9.17) is 35.6 Å². The van der Waals surface area contributed by atoms with Gasteiger partial charge in [0.25, 0.3) is 0 Å². The predicted molar refractivity (Wildman–Crippen MR) is 151 cm³/mol. The Hall–Kier alpha value is -3.41. The number of anilines is 1. The van der Waals surface area contributed by atoms with Gasteiger partial charge >= 0.3 is 6.09 Å². The Morgan fingerprint density at radius 3 is 2.70 bits per heavy atom. The van der Waals surface area contributed by atoms with E-state index >= 15 is 0 Å². The summed E-state index contributed by atoms with van der Waals surface area (Å²) in [7, 11) is 3.19. The number of nitrogens with zero attached hydrogens (tertiary/aromatic N) is 5. The van der Waals surface area contributed by atoms with Crippen LogP contribution < -0.4 is 15.0 Å². The Labute approximate surface area is 238 Å². The van der Waals surface area contributed by atoms with Crippen LogP contribution in [-0.4, -0.2) is 90.8 Å². The summed E-state index contributed by atoms with van der Waals surface area (Å²) in [4.78, 5) is 26.0. The van der Waals surface area contributed by atoms with Gasteiger partial charge in [-0.1, -0.05) is 16.8 Å². The van der Waals surface area contributed by atoms with Crippen molar-refractivity contribution in [2.45, 2.75) is 33.3 Å². The molecule has 2 fully saturated rings. The molecule has 2 aromatic heterocycles. The number of aliphatic hydroxyl groups excluding tert-OH is 1. The monoisotopic (exact) mass is 570 g/mol. The molecule has 2 aliphatic rings. The first kappa shape index (κ1) is 28.1. The van der Waals surface area contributed by atoms with Crippen LogP contribution in [0.3, 0.4) is 0 Å². The summed E-state index contributed by atoms with van der Waals surface area (Å²) in [5.41, 5.74) is 3.83. The lowest BCUT2D eigenvalue weighted by atomic mass is 9.79. The van der Waals surface area contributed by atoms with Crippen molar-refractivity contribution < 1.29 is 23.9 Å². The van der Waals surface area contributed by atoms with Crippen molar-refractivity contribution in [3.63, 3.8) is 0 Å². The minimum atomic E-state index is -0.651. The molecule has 12 heteroatoms. The van der Waals surface area contributed by atoms with Gasteiger partial charge in [-0.2, -0.15) is 0 Å². The third-order valence-corrected chi connectivity index (χ3v) is 8.00. The molecule has 2 aliphatic heterocycles. The van der Waals surface area contributed by atoms with E-state index in [9.17, 15) is 9.90 Å². The summed E-state index contributed by atoms with van der Waals surface area (Å²) in [5, 5.41) is 17.6. The Morgan fingerprint density at radius 1 is 1.25 bits per heavy atom. The lowest BCUT2D eigenvalue weighted by Crippen LogP contribution is -2.58. The van der Waals surface area contributed by atoms with E-state index < -0.39 is 6.10 Å². The van der Waals surface area contributed by atoms with Crippen LogP contribution in [0.25, 0.3) is 22.6 Å². The molecule has 0 saturated carbocycles. The maximum absolute atomic E-state index is 12.1. The minimum absolute atomic E-state index is 0.00845. The number of carbonyl (C=O) groups excluding carboxylic acids is 1. The smallest absolute Gasteiger partial charge is 0.409 e. The average molecular weight is 571 g/mol. The number of halogens is 1. The topological polar surface area (TPSA) is 126 Å². The van der Waals surface area contributed by atoms with Gasteiger partial charge in [0, 0.05) is 49.3 Å². The number of nitrogens with one attached hydrogen (secondary N) is 1. The van der Waals surface area contributed by atoms with Crippen molar-refractivity contribution in [2.24, 2.45) is 5.41 Å². The Kier molecular flexibility index (Phi) is 7.89. The van der Waals surface area contributed by atoms with Gasteiger partial charge in [0.2, 0.25) is 0 Å². The van der Waals surface area contributed by atoms with Crippen LogP contribution in [0.1, 0.15) is 23.4 Å². The highest BCUT2D eigenvalue weighted by Gasteiger charge is 2.50. The Balaban J connectivity index is 1.51. The van der Waals surface area contributed by atoms with Crippen LogP contribution >= 0.6 is 11.6 Å². The number of aliphatic hydroxyl groups is 1. The number of hydrogen-bond donors (Lipinski definition) is 2. The standard InChI is InChI=1S/C28H35ClN6O5/c1-16-24(23-17(2)33-40-18(23)3)31-25(21-10-20(6-7-22(21)29)39-12-19(36)11-30-4)32-26(16)35-14-28(15-35)8-9-34(13-28)27(37)38-5/h6-7,10,19,30,36H,8-9,11-15H2,1-5H3. The predicted octanol–water partition coefficient (Wildman–Crippen LogP) is 3.61. The van der Waals surface area contributed by atoms with E-state index in [1.807, 2.05) is 20.8 Å². The largest absolute Gasteiger partial charge is 0.491 e. The van der Waals surface area contributed by atoms with Crippen molar-refractivity contribution in [3.8, 4) is 28.4 Å². The molecule has 0 aliphatic carbocycles. The molecule has 1 spiro atoms. The van der Waals surface area contributed by atoms with Crippen LogP contribution in [0, 0.1) is 26.2 Å². The average Bonchev–Trinajstić information content (AvgIpc) is 3.51. The second kappa shape index (κ2) is 11.2. The molecule has 214 valence electrons. The molecule has 1 atom stereocenters. The van der Waals surface area contributed by atoms with Crippen LogP contribution in [0.15, 0.2) is 22.7 Å². The summed E-state index contributed by atoms with van der Waals surface area (Å²) in [6.45, 7) is 9.18. The molecule has 3 aromatic rings. The molecule has 0 radical (unpaired) electrons. The zero-order chi connectivity index (χ0) is 28.6. The maximum atomic E-state index is 12.1. The van der Waals surface area contributed by atoms with Crippen LogP contribution in [0.2, 0.25) is 5.02 Å². The SMILES string of the molecule is CNCC(O)COc1ccc(Cl)c(-c2nc(-c3c(C)noc3C)c(C)c(N3CC4(CCN(C(=O)OC)C4)C3)n2)c1. The van der Waals surface area contributed by atoms with Crippen molar-refractivity contribution >= 4 is 23.5 Å². The quantitative estimate of drug-likeness (QED) is 0.414. The van der Waals surface area contributed by atoms with E-state index in [0.717, 1.165) is 47.8 Å². The van der Waals surface area contributed by atoms with Gasteiger partial charge in [0.05, 0.1) is 29.1 Å². The molecule has 1 aromatic carbocycles. The number of hydrogen-bond acceptors (Lipinski definition) is 10. The first-order valence-corrected chi connectivity index (χ1v) is 13.7. The van der Waals surface area contributed by atoms with E-state index in [-0.39, 0.29) is 18.1 Å². The van der Waals surface area contributed by atoms with Gasteiger partial charge in [-0.3, -0.25) is 0 Å². The number of ether oxygens (including phenoxy) is 2. The molecule has 2 N–H and O–H groups in total. The van der Waals surface area contributed by atoms with Gasteiger partial charge in [-0.05, 0) is 52.4 Å². The Morgan fingerprint density at radius 2 is 2.02 bits per heavy atom. The zero-order valence-corrected chi connectivity index (χ0v) is 24.2. The maximum Gasteiger partial charge on any atom is 0.409 e. The number of aromatic nitrogens is 3. The molecule has 4 heterocycles. The minimum Gasteiger partial charge on any atom is -0.491 e. The van der Waals surface area contributed by atoms with Crippen LogP contribution in [-0.2, 0) is 4.74 Å². The highest BCUT2D eigenvalue weighted by molar-refractivity contribution is 6.33. The molecule has 1 unspecified atom stereocenters. The van der Waals surface area contributed by atoms with Crippen molar-refractivity contribution in [2.75, 3.05) is 58.4 Å². The summed E-state index contributed by atoms with van der Waals surface area (Å²) < 4.78 is 16.2. The fourth-order valence-corrected chi connectivity index (χ4v) is 5.84. The highest BCUT2D eigenvalue weighted by atomic mass is 35.5. The highest BCUT2D eigenvalue weighted by Crippen LogP contribution is 2.44. The number of likely N-dealkylation sites (N-methyl/N-ethyl adjacent to an activating group) is 1. The van der Waals surface area contributed by atoms with Crippen LogP contribution in [0.4, 0.5) is 10.6 Å². The van der Waals surface area contributed by atoms with Crippen molar-refractivity contribution in [1.82, 2.24) is 25.3 Å².